The number of alkyl halides is 3. The van der Waals surface area contributed by atoms with E-state index in [1.807, 2.05) is 0 Å². The average molecular weight is 464 g/mol. The molecule has 0 aromatic heterocycles. The summed E-state index contributed by atoms with van der Waals surface area (Å²) in [7, 11) is -3.68. The first-order chi connectivity index (χ1) is 8.20. The summed E-state index contributed by atoms with van der Waals surface area (Å²) >= 11 is 8.92. The number of halogens is 3. The second kappa shape index (κ2) is 6.02. The van der Waals surface area contributed by atoms with Crippen LogP contribution in [0.3, 0.4) is 0 Å². The van der Waals surface area contributed by atoms with E-state index in [1.54, 1.807) is 13.0 Å². The van der Waals surface area contributed by atoms with Gasteiger partial charge in [0.1, 0.15) is 0 Å². The molecule has 1 aromatic rings. The summed E-state index contributed by atoms with van der Waals surface area (Å²) in [5.74, 6) is -0.307. The molecule has 0 aliphatic rings. The van der Waals surface area contributed by atoms with Crippen molar-refractivity contribution in [1.82, 2.24) is 5.32 Å². The number of sulfone groups is 1. The predicted molar refractivity (Wildman–Crippen MR) is 81.1 cm³/mol. The van der Waals surface area contributed by atoms with E-state index >= 15 is 0 Å². The summed E-state index contributed by atoms with van der Waals surface area (Å²) in [4.78, 5) is 11.7. The highest BCUT2D eigenvalue weighted by Gasteiger charge is 2.37. The highest BCUT2D eigenvalue weighted by molar-refractivity contribution is 9.42. The number of nitrogens with one attached hydrogen (secondary N) is 1. The molecule has 0 bridgehead atoms. The molecule has 0 aliphatic heterocycles. The maximum absolute atomic E-state index is 12.1. The Morgan fingerprint density at radius 2 is 1.94 bits per heavy atom. The van der Waals surface area contributed by atoms with E-state index in [1.165, 1.54) is 18.2 Å². The fourth-order valence-electron chi connectivity index (χ4n) is 1.20. The summed E-state index contributed by atoms with van der Waals surface area (Å²) in [5, 5.41) is 2.61. The SMILES string of the molecule is CCNC(=O)c1cccc(S(=O)(=O)C(Br)(Br)Br)c1. The molecule has 1 aromatic carbocycles. The minimum Gasteiger partial charge on any atom is -0.352 e. The summed E-state index contributed by atoms with van der Waals surface area (Å²) in [5.41, 5.74) is 0.301. The van der Waals surface area contributed by atoms with Crippen LogP contribution < -0.4 is 5.32 Å². The maximum atomic E-state index is 12.1. The number of amides is 1. The first-order valence-corrected chi connectivity index (χ1v) is 8.76. The van der Waals surface area contributed by atoms with Crippen molar-refractivity contribution in [2.75, 3.05) is 6.54 Å². The lowest BCUT2D eigenvalue weighted by atomic mass is 10.2. The maximum Gasteiger partial charge on any atom is 0.251 e. The number of hydrogen-bond donors (Lipinski definition) is 1. The van der Waals surface area contributed by atoms with Gasteiger partial charge in [-0.3, -0.25) is 4.79 Å². The quantitative estimate of drug-likeness (QED) is 0.701. The van der Waals surface area contributed by atoms with Crippen LogP contribution in [0.1, 0.15) is 17.3 Å². The Kier molecular flexibility index (Phi) is 5.40. The van der Waals surface area contributed by atoms with Crippen LogP contribution in [0, 0.1) is 0 Å². The predicted octanol–water partition coefficient (Wildman–Crippen LogP) is 3.01. The van der Waals surface area contributed by atoms with Gasteiger partial charge >= 0.3 is 0 Å². The largest absolute Gasteiger partial charge is 0.352 e. The van der Waals surface area contributed by atoms with Crippen molar-refractivity contribution in [3.63, 3.8) is 0 Å². The number of carbonyl (C=O) groups is 1. The standard InChI is InChI=1S/C10H10Br3NO3S/c1-2-14-9(15)7-4-3-5-8(6-7)18(16,17)10(11,12)13/h3-6H,2H2,1H3,(H,14,15). The van der Waals surface area contributed by atoms with E-state index in [9.17, 15) is 13.2 Å². The lowest BCUT2D eigenvalue weighted by molar-refractivity contribution is 0.0955. The summed E-state index contributed by atoms with van der Waals surface area (Å²) in [6, 6.07) is 5.84. The lowest BCUT2D eigenvalue weighted by Crippen LogP contribution is -2.23. The molecule has 0 saturated carbocycles. The Bertz CT molecular complexity index is 552. The molecule has 0 saturated heterocycles. The van der Waals surface area contributed by atoms with E-state index in [2.05, 4.69) is 53.1 Å². The molecule has 100 valence electrons. The third-order valence-electron chi connectivity index (χ3n) is 2.05. The van der Waals surface area contributed by atoms with Gasteiger partial charge in [0.2, 0.25) is 11.3 Å². The van der Waals surface area contributed by atoms with Gasteiger partial charge in [0, 0.05) is 12.1 Å². The van der Waals surface area contributed by atoms with Gasteiger partial charge < -0.3 is 5.32 Å². The summed E-state index contributed by atoms with van der Waals surface area (Å²) < 4.78 is 22.8. The summed E-state index contributed by atoms with van der Waals surface area (Å²) in [6.45, 7) is 2.27. The molecule has 0 aliphatic carbocycles. The van der Waals surface area contributed by atoms with Crippen LogP contribution in [0.25, 0.3) is 0 Å². The number of hydrogen-bond acceptors (Lipinski definition) is 3. The smallest absolute Gasteiger partial charge is 0.251 e. The number of rotatable bonds is 3. The Balaban J connectivity index is 3.22. The van der Waals surface area contributed by atoms with Crippen LogP contribution in [0.5, 0.6) is 0 Å². The molecule has 8 heteroatoms. The van der Waals surface area contributed by atoms with Crippen molar-refractivity contribution in [2.24, 2.45) is 0 Å². The van der Waals surface area contributed by atoms with Crippen LogP contribution in [0.4, 0.5) is 0 Å². The minimum absolute atomic E-state index is 0.0388. The van der Waals surface area contributed by atoms with Gasteiger partial charge in [0.15, 0.2) is 0 Å². The Morgan fingerprint density at radius 1 is 1.33 bits per heavy atom. The second-order valence-corrected chi connectivity index (χ2v) is 13.8. The van der Waals surface area contributed by atoms with Crippen LogP contribution in [0.15, 0.2) is 29.2 Å². The molecule has 0 spiro atoms. The normalized spacial score (nSPS) is 12.2. The molecule has 4 nitrogen and oxygen atoms in total. The van der Waals surface area contributed by atoms with Gasteiger partial charge in [-0.1, -0.05) is 6.07 Å². The molecule has 0 unspecified atom stereocenters. The van der Waals surface area contributed by atoms with Crippen molar-refractivity contribution >= 4 is 63.5 Å². The van der Waals surface area contributed by atoms with Crippen molar-refractivity contribution in [1.29, 1.82) is 0 Å². The first-order valence-electron chi connectivity index (χ1n) is 4.89. The van der Waals surface area contributed by atoms with Gasteiger partial charge in [-0.15, -0.1) is 0 Å². The van der Waals surface area contributed by atoms with E-state index in [0.717, 1.165) is 0 Å². The van der Waals surface area contributed by atoms with E-state index in [-0.39, 0.29) is 10.8 Å². The van der Waals surface area contributed by atoms with E-state index in [4.69, 9.17) is 0 Å². The average Bonchev–Trinajstić information content (AvgIpc) is 2.28. The number of benzene rings is 1. The van der Waals surface area contributed by atoms with Gasteiger partial charge in [0.05, 0.1) is 4.90 Å². The van der Waals surface area contributed by atoms with Crippen molar-refractivity contribution < 1.29 is 13.2 Å². The molecule has 0 radical (unpaired) electrons. The van der Waals surface area contributed by atoms with Crippen molar-refractivity contribution in [3.8, 4) is 0 Å². The highest BCUT2D eigenvalue weighted by Crippen LogP contribution is 2.43. The Morgan fingerprint density at radius 3 is 2.44 bits per heavy atom. The third-order valence-corrected chi connectivity index (χ3v) is 7.37. The molecular weight excluding hydrogens is 454 g/mol. The molecule has 1 amide bonds. The van der Waals surface area contributed by atoms with Crippen LogP contribution in [0.2, 0.25) is 0 Å². The lowest BCUT2D eigenvalue weighted by Gasteiger charge is -2.14. The zero-order valence-corrected chi connectivity index (χ0v) is 14.9. The zero-order valence-electron chi connectivity index (χ0n) is 9.28. The van der Waals surface area contributed by atoms with E-state index < -0.39 is 11.3 Å². The zero-order chi connectivity index (χ0) is 14.0. The van der Waals surface area contributed by atoms with Gasteiger partial charge in [0.25, 0.3) is 5.91 Å². The fourth-order valence-corrected chi connectivity index (χ4v) is 3.69. The Labute approximate surface area is 131 Å². The monoisotopic (exact) mass is 461 g/mol. The third kappa shape index (κ3) is 3.55. The van der Waals surface area contributed by atoms with Crippen LogP contribution >= 0.6 is 47.8 Å². The van der Waals surface area contributed by atoms with Crippen molar-refractivity contribution in [2.45, 2.75) is 13.3 Å². The number of carbonyl (C=O) groups excluding carboxylic acids is 1. The van der Waals surface area contributed by atoms with Gasteiger partial charge in [-0.25, -0.2) is 8.42 Å². The van der Waals surface area contributed by atoms with Gasteiger partial charge in [-0.05, 0) is 72.9 Å². The molecule has 1 rings (SSSR count). The highest BCUT2D eigenvalue weighted by atomic mass is 80.0. The van der Waals surface area contributed by atoms with Crippen molar-refractivity contribution in [3.05, 3.63) is 29.8 Å². The second-order valence-electron chi connectivity index (χ2n) is 3.34. The molecule has 0 fully saturated rings. The van der Waals surface area contributed by atoms with Gasteiger partial charge in [-0.2, -0.15) is 0 Å². The Hall–Kier alpha value is 0.0800. The molecule has 0 atom stereocenters. The molecule has 18 heavy (non-hydrogen) atoms. The van der Waals surface area contributed by atoms with E-state index in [0.29, 0.717) is 12.1 Å². The molecule has 0 heterocycles. The molecular formula is C10H10Br3NO3S. The molecule has 1 N–H and O–H groups in total. The first kappa shape index (κ1) is 16.1. The van der Waals surface area contributed by atoms with Crippen LogP contribution in [-0.2, 0) is 9.84 Å². The summed E-state index contributed by atoms with van der Waals surface area (Å²) in [6.07, 6.45) is 0. The minimum atomic E-state index is -3.68. The fraction of sp³-hybridized carbons (Fsp3) is 0.300. The topological polar surface area (TPSA) is 63.2 Å². The van der Waals surface area contributed by atoms with Crippen LogP contribution in [-0.4, -0.2) is 22.3 Å².